The second kappa shape index (κ2) is 8.76. The number of amides is 1. The molecule has 0 unspecified atom stereocenters. The van der Waals surface area contributed by atoms with E-state index < -0.39 is 11.2 Å². The van der Waals surface area contributed by atoms with Gasteiger partial charge in [0.25, 0.3) is 11.5 Å². The average molecular weight is 452 g/mol. The lowest BCUT2D eigenvalue weighted by Crippen LogP contribution is -2.39. The van der Waals surface area contributed by atoms with Crippen molar-refractivity contribution in [3.63, 3.8) is 0 Å². The summed E-state index contributed by atoms with van der Waals surface area (Å²) in [5.74, 6) is -0.306. The molecule has 0 aliphatic carbocycles. The van der Waals surface area contributed by atoms with Crippen LogP contribution in [0.3, 0.4) is 0 Å². The number of hydrogen-bond donors (Lipinski definition) is 2. The van der Waals surface area contributed by atoms with Gasteiger partial charge in [0.05, 0.1) is 17.4 Å². The predicted molar refractivity (Wildman–Crippen MR) is 124 cm³/mol. The standard InChI is InChI=1S/C23H22ClN5O3/c1-27-13-16(9-10-26-27)12-25-21(30)17-5-8-20-19(11-17)22(31)29(23(32)28(20)2)14-15-3-6-18(24)7-4-15/h3-11,13,26H,12,14H2,1-2H3,(H,25,30). The zero-order chi connectivity index (χ0) is 22.8. The topological polar surface area (TPSA) is 88.4 Å². The molecular formula is C23H22ClN5O3. The van der Waals surface area contributed by atoms with Crippen molar-refractivity contribution in [2.75, 3.05) is 13.6 Å². The smallest absolute Gasteiger partial charge is 0.331 e. The minimum absolute atomic E-state index is 0.108. The van der Waals surface area contributed by atoms with E-state index in [1.807, 2.05) is 19.3 Å². The largest absolute Gasteiger partial charge is 0.348 e. The Labute approximate surface area is 189 Å². The molecule has 9 heteroatoms. The Balaban J connectivity index is 1.66. The van der Waals surface area contributed by atoms with E-state index in [0.29, 0.717) is 28.0 Å². The first-order valence-corrected chi connectivity index (χ1v) is 10.3. The van der Waals surface area contributed by atoms with E-state index in [9.17, 15) is 14.4 Å². The number of benzene rings is 2. The molecule has 1 aliphatic rings. The first-order chi connectivity index (χ1) is 15.3. The molecule has 0 saturated heterocycles. The molecular weight excluding hydrogens is 430 g/mol. The van der Waals surface area contributed by atoms with E-state index in [4.69, 9.17) is 11.6 Å². The Hall–Kier alpha value is -3.78. The number of carbonyl (C=O) groups excluding carboxylic acids is 1. The molecule has 2 aromatic carbocycles. The molecule has 1 amide bonds. The quantitative estimate of drug-likeness (QED) is 0.619. The Kier molecular flexibility index (Phi) is 5.87. The molecule has 4 rings (SSSR count). The van der Waals surface area contributed by atoms with Gasteiger partial charge in [-0.05, 0) is 47.5 Å². The molecule has 8 nitrogen and oxygen atoms in total. The minimum atomic E-state index is -0.446. The van der Waals surface area contributed by atoms with Gasteiger partial charge in [-0.25, -0.2) is 4.79 Å². The van der Waals surface area contributed by atoms with Gasteiger partial charge < -0.3 is 10.7 Å². The summed E-state index contributed by atoms with van der Waals surface area (Å²) in [7, 11) is 3.46. The van der Waals surface area contributed by atoms with Crippen molar-refractivity contribution in [1.29, 1.82) is 0 Å². The summed E-state index contributed by atoms with van der Waals surface area (Å²) in [6.45, 7) is 0.449. The van der Waals surface area contributed by atoms with E-state index in [0.717, 1.165) is 15.7 Å². The van der Waals surface area contributed by atoms with E-state index in [1.165, 1.54) is 10.6 Å². The van der Waals surface area contributed by atoms with Crippen LogP contribution < -0.4 is 22.0 Å². The average Bonchev–Trinajstić information content (AvgIpc) is 2.79. The van der Waals surface area contributed by atoms with Gasteiger partial charge >= 0.3 is 5.69 Å². The summed E-state index contributed by atoms with van der Waals surface area (Å²) in [6.07, 6.45) is 5.51. The monoisotopic (exact) mass is 451 g/mol. The predicted octanol–water partition coefficient (Wildman–Crippen LogP) is 1.98. The SMILES string of the molecule is CN1C=C(CNC(=O)c2ccc3c(c2)c(=O)n(Cc2ccc(Cl)cc2)c(=O)n3C)C=CN1. The van der Waals surface area contributed by atoms with Crippen LogP contribution in [0.2, 0.25) is 5.02 Å². The summed E-state index contributed by atoms with van der Waals surface area (Å²) in [5, 5.41) is 5.51. The van der Waals surface area contributed by atoms with Crippen LogP contribution in [-0.4, -0.2) is 33.6 Å². The van der Waals surface area contributed by atoms with Gasteiger partial charge in [0.2, 0.25) is 0 Å². The number of nitrogens with one attached hydrogen (secondary N) is 2. The van der Waals surface area contributed by atoms with Crippen LogP contribution in [0, 0.1) is 0 Å². The second-order valence-electron chi connectivity index (χ2n) is 7.55. The van der Waals surface area contributed by atoms with Gasteiger partial charge in [-0.1, -0.05) is 23.7 Å². The maximum absolute atomic E-state index is 13.2. The fraction of sp³-hybridized carbons (Fsp3) is 0.174. The highest BCUT2D eigenvalue weighted by Gasteiger charge is 2.15. The first-order valence-electron chi connectivity index (χ1n) is 9.96. The maximum atomic E-state index is 13.2. The summed E-state index contributed by atoms with van der Waals surface area (Å²) >= 11 is 5.93. The van der Waals surface area contributed by atoms with Gasteiger partial charge in [-0.3, -0.25) is 23.7 Å². The van der Waals surface area contributed by atoms with Crippen LogP contribution in [-0.2, 0) is 13.6 Å². The molecule has 32 heavy (non-hydrogen) atoms. The maximum Gasteiger partial charge on any atom is 0.331 e. The van der Waals surface area contributed by atoms with Crippen molar-refractivity contribution in [1.82, 2.24) is 24.9 Å². The summed E-state index contributed by atoms with van der Waals surface area (Å²) in [4.78, 5) is 38.6. The van der Waals surface area contributed by atoms with E-state index >= 15 is 0 Å². The van der Waals surface area contributed by atoms with Gasteiger partial charge in [-0.2, -0.15) is 0 Å². The number of halogens is 1. The lowest BCUT2D eigenvalue weighted by atomic mass is 10.1. The Bertz CT molecular complexity index is 1370. The number of aryl methyl sites for hydroxylation is 1. The normalized spacial score (nSPS) is 13.1. The summed E-state index contributed by atoms with van der Waals surface area (Å²) in [6, 6.07) is 11.7. The van der Waals surface area contributed by atoms with Gasteiger partial charge in [0.15, 0.2) is 0 Å². The number of hydrogen-bond acceptors (Lipinski definition) is 5. The Morgan fingerprint density at radius 1 is 1.09 bits per heavy atom. The molecule has 1 aromatic heterocycles. The van der Waals surface area contributed by atoms with Crippen LogP contribution >= 0.6 is 11.6 Å². The van der Waals surface area contributed by atoms with E-state index in [2.05, 4.69) is 10.7 Å². The Morgan fingerprint density at radius 3 is 2.56 bits per heavy atom. The van der Waals surface area contributed by atoms with E-state index in [-0.39, 0.29) is 12.5 Å². The van der Waals surface area contributed by atoms with Crippen molar-refractivity contribution < 1.29 is 4.79 Å². The highest BCUT2D eigenvalue weighted by molar-refractivity contribution is 6.30. The number of carbonyl (C=O) groups is 1. The van der Waals surface area contributed by atoms with Crippen molar-refractivity contribution in [2.45, 2.75) is 6.54 Å². The molecule has 0 spiro atoms. The number of hydrazine groups is 1. The minimum Gasteiger partial charge on any atom is -0.348 e. The third kappa shape index (κ3) is 4.31. The first kappa shape index (κ1) is 21.5. The molecule has 2 heterocycles. The van der Waals surface area contributed by atoms with Crippen LogP contribution in [0.15, 0.2) is 76.1 Å². The third-order valence-electron chi connectivity index (χ3n) is 5.26. The Morgan fingerprint density at radius 2 is 1.84 bits per heavy atom. The molecule has 0 fully saturated rings. The lowest BCUT2D eigenvalue weighted by Gasteiger charge is -2.19. The van der Waals surface area contributed by atoms with Crippen LogP contribution in [0.5, 0.6) is 0 Å². The van der Waals surface area contributed by atoms with Crippen molar-refractivity contribution in [3.8, 4) is 0 Å². The zero-order valence-electron chi connectivity index (χ0n) is 17.6. The van der Waals surface area contributed by atoms with Crippen molar-refractivity contribution in [2.24, 2.45) is 7.05 Å². The third-order valence-corrected chi connectivity index (χ3v) is 5.51. The molecule has 0 radical (unpaired) electrons. The van der Waals surface area contributed by atoms with Crippen LogP contribution in [0.1, 0.15) is 15.9 Å². The molecule has 2 N–H and O–H groups in total. The van der Waals surface area contributed by atoms with Crippen molar-refractivity contribution in [3.05, 3.63) is 104 Å². The number of rotatable bonds is 5. The second-order valence-corrected chi connectivity index (χ2v) is 7.99. The highest BCUT2D eigenvalue weighted by Crippen LogP contribution is 2.13. The molecule has 3 aromatic rings. The summed E-state index contributed by atoms with van der Waals surface area (Å²) in [5.41, 5.74) is 4.62. The lowest BCUT2D eigenvalue weighted by molar-refractivity contribution is 0.0957. The molecule has 1 aliphatic heterocycles. The van der Waals surface area contributed by atoms with Gasteiger partial charge in [0.1, 0.15) is 0 Å². The van der Waals surface area contributed by atoms with Crippen LogP contribution in [0.25, 0.3) is 10.9 Å². The molecule has 0 atom stereocenters. The number of fused-ring (bicyclic) bond motifs is 1. The number of nitrogens with zero attached hydrogens (tertiary/aromatic N) is 3. The molecule has 0 saturated carbocycles. The zero-order valence-corrected chi connectivity index (χ0v) is 18.4. The fourth-order valence-electron chi connectivity index (χ4n) is 3.55. The van der Waals surface area contributed by atoms with Crippen molar-refractivity contribution >= 4 is 28.4 Å². The summed E-state index contributed by atoms with van der Waals surface area (Å²) < 4.78 is 2.57. The number of aromatic nitrogens is 2. The van der Waals surface area contributed by atoms with Gasteiger partial charge in [0, 0.05) is 43.6 Å². The van der Waals surface area contributed by atoms with Crippen LogP contribution in [0.4, 0.5) is 0 Å². The molecule has 0 bridgehead atoms. The van der Waals surface area contributed by atoms with Gasteiger partial charge in [-0.15, -0.1) is 0 Å². The van der Waals surface area contributed by atoms with E-state index in [1.54, 1.807) is 54.7 Å². The molecule has 164 valence electrons. The highest BCUT2D eigenvalue weighted by atomic mass is 35.5. The fourth-order valence-corrected chi connectivity index (χ4v) is 3.68.